The van der Waals surface area contributed by atoms with Crippen LogP contribution < -0.4 is 10.2 Å². The number of hydrogen-bond acceptors (Lipinski definition) is 5. The number of aryl methyl sites for hydroxylation is 1. The van der Waals surface area contributed by atoms with Gasteiger partial charge in [-0.15, -0.1) is 0 Å². The van der Waals surface area contributed by atoms with Crippen molar-refractivity contribution in [2.45, 2.75) is 19.3 Å². The molecular weight excluding hydrogens is 350 g/mol. The lowest BCUT2D eigenvalue weighted by Crippen LogP contribution is -2.66. The van der Waals surface area contributed by atoms with E-state index in [1.54, 1.807) is 0 Å². The summed E-state index contributed by atoms with van der Waals surface area (Å²) in [6, 6.07) is 7.75. The molecule has 4 heterocycles. The Bertz CT molecular complexity index is 886. The van der Waals surface area contributed by atoms with Gasteiger partial charge in [-0.25, -0.2) is 14.8 Å². The summed E-state index contributed by atoms with van der Waals surface area (Å²) in [6.07, 6.45) is 5.30. The summed E-state index contributed by atoms with van der Waals surface area (Å²) in [7, 11) is 0. The van der Waals surface area contributed by atoms with E-state index in [0.29, 0.717) is 11.1 Å². The van der Waals surface area contributed by atoms with Crippen LogP contribution in [0.2, 0.25) is 0 Å². The van der Waals surface area contributed by atoms with E-state index in [1.165, 1.54) is 6.42 Å². The highest BCUT2D eigenvalue weighted by atomic mass is 16.5. The first-order valence-electron chi connectivity index (χ1n) is 10.1. The first-order chi connectivity index (χ1) is 13.7. The Hall–Kier alpha value is -2.49. The minimum absolute atomic E-state index is 0.347. The van der Waals surface area contributed by atoms with Gasteiger partial charge < -0.3 is 15.0 Å². The summed E-state index contributed by atoms with van der Waals surface area (Å²) in [5.41, 5.74) is 4.14. The second-order valence-corrected chi connectivity index (χ2v) is 8.43. The molecule has 3 aliphatic rings. The summed E-state index contributed by atoms with van der Waals surface area (Å²) in [6.45, 7) is 13.2. The minimum Gasteiger partial charge on any atom is -0.380 e. The molecule has 3 aliphatic heterocycles. The molecule has 3 fully saturated rings. The molecule has 0 amide bonds. The van der Waals surface area contributed by atoms with Crippen LogP contribution in [0, 0.1) is 17.9 Å². The number of anilines is 1. The third kappa shape index (κ3) is 3.25. The molecule has 1 aromatic heterocycles. The van der Waals surface area contributed by atoms with Gasteiger partial charge in [0.15, 0.2) is 5.69 Å². The highest BCUT2D eigenvalue weighted by molar-refractivity contribution is 5.76. The van der Waals surface area contributed by atoms with Crippen LogP contribution in [0.15, 0.2) is 30.5 Å². The number of ether oxygens (including phenoxy) is 1. The molecule has 144 valence electrons. The standard InChI is InChI=1S/C22H25N5O/c1-23-18-5-3-17(4-6-18)21-19(27-12-22(13-27)14-28-15-22)11-25-20(26-21)7-2-16-8-9-24-10-16/h3-6,11,16,24H,2,7-10,12-15H2/t16-/m0/s1. The summed E-state index contributed by atoms with van der Waals surface area (Å²) in [5.74, 6) is 1.65. The van der Waals surface area contributed by atoms with Crippen molar-refractivity contribution in [1.82, 2.24) is 15.3 Å². The Labute approximate surface area is 165 Å². The number of hydrogen-bond donors (Lipinski definition) is 1. The monoisotopic (exact) mass is 375 g/mol. The van der Waals surface area contributed by atoms with Crippen molar-refractivity contribution >= 4 is 11.4 Å². The van der Waals surface area contributed by atoms with Gasteiger partial charge in [0.25, 0.3) is 0 Å². The first-order valence-corrected chi connectivity index (χ1v) is 10.1. The van der Waals surface area contributed by atoms with Gasteiger partial charge in [-0.3, -0.25) is 0 Å². The van der Waals surface area contributed by atoms with Crippen molar-refractivity contribution in [2.24, 2.45) is 11.3 Å². The van der Waals surface area contributed by atoms with Gasteiger partial charge in [-0.05, 0) is 37.4 Å². The number of rotatable bonds is 5. The minimum atomic E-state index is 0.347. The van der Waals surface area contributed by atoms with Crippen LogP contribution in [0.1, 0.15) is 18.7 Å². The molecule has 1 atom stereocenters. The average molecular weight is 375 g/mol. The lowest BCUT2D eigenvalue weighted by atomic mass is 9.77. The van der Waals surface area contributed by atoms with Gasteiger partial charge in [-0.1, -0.05) is 24.3 Å². The van der Waals surface area contributed by atoms with Crippen LogP contribution in [0.5, 0.6) is 0 Å². The van der Waals surface area contributed by atoms with E-state index in [1.807, 2.05) is 30.5 Å². The summed E-state index contributed by atoms with van der Waals surface area (Å²) < 4.78 is 5.41. The molecule has 0 bridgehead atoms. The van der Waals surface area contributed by atoms with Crippen molar-refractivity contribution in [3.8, 4) is 11.3 Å². The fraction of sp³-hybridized carbons (Fsp3) is 0.500. The predicted octanol–water partition coefficient (Wildman–Crippen LogP) is 3.07. The molecular formula is C22H25N5O. The SMILES string of the molecule is [C-]#[N+]c1ccc(-c2nc(CC[C@H]3CCNC3)ncc2N2CC3(COC3)C2)cc1. The highest BCUT2D eigenvalue weighted by Gasteiger charge is 2.49. The highest BCUT2D eigenvalue weighted by Crippen LogP contribution is 2.42. The zero-order chi connectivity index (χ0) is 19.0. The molecule has 6 heteroatoms. The molecule has 2 aromatic rings. The molecule has 1 aromatic carbocycles. The maximum Gasteiger partial charge on any atom is 0.187 e. The molecule has 5 rings (SSSR count). The molecule has 28 heavy (non-hydrogen) atoms. The van der Waals surface area contributed by atoms with Crippen molar-refractivity contribution < 1.29 is 4.74 Å². The van der Waals surface area contributed by atoms with Crippen molar-refractivity contribution in [2.75, 3.05) is 44.3 Å². The third-order valence-electron chi connectivity index (χ3n) is 6.24. The lowest BCUT2D eigenvalue weighted by molar-refractivity contribution is -0.127. The van der Waals surface area contributed by atoms with E-state index in [-0.39, 0.29) is 0 Å². The lowest BCUT2D eigenvalue weighted by Gasteiger charge is -2.56. The number of nitrogens with one attached hydrogen (secondary N) is 1. The van der Waals surface area contributed by atoms with E-state index in [4.69, 9.17) is 21.3 Å². The zero-order valence-electron chi connectivity index (χ0n) is 16.0. The van der Waals surface area contributed by atoms with Gasteiger partial charge >= 0.3 is 0 Å². The number of benzene rings is 1. The van der Waals surface area contributed by atoms with E-state index < -0.39 is 0 Å². The normalized spacial score (nSPS) is 22.5. The first kappa shape index (κ1) is 17.6. The zero-order valence-corrected chi connectivity index (χ0v) is 16.0. The summed E-state index contributed by atoms with van der Waals surface area (Å²) >= 11 is 0. The molecule has 6 nitrogen and oxygen atoms in total. The van der Waals surface area contributed by atoms with E-state index in [9.17, 15) is 0 Å². The van der Waals surface area contributed by atoms with Crippen LogP contribution in [0.3, 0.4) is 0 Å². The average Bonchev–Trinajstić information content (AvgIpc) is 3.18. The number of nitrogens with zero attached hydrogens (tertiary/aromatic N) is 4. The van der Waals surface area contributed by atoms with Crippen molar-refractivity contribution in [3.05, 3.63) is 47.7 Å². The predicted molar refractivity (Wildman–Crippen MR) is 108 cm³/mol. The van der Waals surface area contributed by atoms with Gasteiger partial charge in [0.2, 0.25) is 0 Å². The van der Waals surface area contributed by atoms with Crippen LogP contribution in [0.4, 0.5) is 11.4 Å². The van der Waals surface area contributed by atoms with Crippen molar-refractivity contribution in [3.63, 3.8) is 0 Å². The second kappa shape index (κ2) is 7.16. The van der Waals surface area contributed by atoms with Crippen LogP contribution >= 0.6 is 0 Å². The summed E-state index contributed by atoms with van der Waals surface area (Å²) in [4.78, 5) is 15.5. The summed E-state index contributed by atoms with van der Waals surface area (Å²) in [5, 5.41) is 3.43. The van der Waals surface area contributed by atoms with E-state index in [2.05, 4.69) is 15.1 Å². The van der Waals surface area contributed by atoms with Crippen LogP contribution in [-0.4, -0.2) is 49.4 Å². The Morgan fingerprint density at radius 3 is 2.71 bits per heavy atom. The Balaban J connectivity index is 1.41. The van der Waals surface area contributed by atoms with Crippen LogP contribution in [0.25, 0.3) is 16.1 Å². The topological polar surface area (TPSA) is 54.6 Å². The fourth-order valence-corrected chi connectivity index (χ4v) is 4.47. The van der Waals surface area contributed by atoms with E-state index in [0.717, 1.165) is 80.9 Å². The molecule has 1 spiro atoms. The van der Waals surface area contributed by atoms with Gasteiger partial charge in [-0.2, -0.15) is 0 Å². The van der Waals surface area contributed by atoms with E-state index >= 15 is 0 Å². The largest absolute Gasteiger partial charge is 0.380 e. The Kier molecular flexibility index (Phi) is 4.50. The maximum absolute atomic E-state index is 7.18. The second-order valence-electron chi connectivity index (χ2n) is 8.43. The third-order valence-corrected chi connectivity index (χ3v) is 6.24. The van der Waals surface area contributed by atoms with Gasteiger partial charge in [0.1, 0.15) is 5.82 Å². The molecule has 0 unspecified atom stereocenters. The molecule has 0 saturated carbocycles. The Morgan fingerprint density at radius 2 is 2.07 bits per heavy atom. The van der Waals surface area contributed by atoms with Crippen molar-refractivity contribution in [1.29, 1.82) is 0 Å². The number of aromatic nitrogens is 2. The fourth-order valence-electron chi connectivity index (χ4n) is 4.47. The maximum atomic E-state index is 7.18. The van der Waals surface area contributed by atoms with Gasteiger partial charge in [0, 0.05) is 19.5 Å². The van der Waals surface area contributed by atoms with Gasteiger partial charge in [0.05, 0.1) is 42.8 Å². The smallest absolute Gasteiger partial charge is 0.187 e. The molecule has 1 N–H and O–H groups in total. The molecule has 3 saturated heterocycles. The Morgan fingerprint density at radius 1 is 1.25 bits per heavy atom. The molecule has 0 aliphatic carbocycles. The van der Waals surface area contributed by atoms with Crippen LogP contribution in [-0.2, 0) is 11.2 Å². The quantitative estimate of drug-likeness (QED) is 0.814. The molecule has 0 radical (unpaired) electrons.